The van der Waals surface area contributed by atoms with Crippen molar-refractivity contribution in [2.45, 2.75) is 41.0 Å². The van der Waals surface area contributed by atoms with Crippen LogP contribution in [0.25, 0.3) is 0 Å². The molecule has 1 aromatic heterocycles. The number of aryl methyl sites for hydroxylation is 2. The van der Waals surface area contributed by atoms with Crippen molar-refractivity contribution in [3.63, 3.8) is 0 Å². The van der Waals surface area contributed by atoms with Crippen molar-refractivity contribution in [1.29, 1.82) is 0 Å². The minimum Gasteiger partial charge on any atom is -0.397 e. The highest BCUT2D eigenvalue weighted by Crippen LogP contribution is 1.94. The second kappa shape index (κ2) is 11.1. The number of nitrogens with zero attached hydrogens (tertiary/aromatic N) is 2. The molecule has 0 unspecified atom stereocenters. The average Bonchev–Trinajstić information content (AvgIpc) is 2.56. The molecule has 1 heterocycles. The van der Waals surface area contributed by atoms with E-state index in [9.17, 15) is 0 Å². The third kappa shape index (κ3) is 9.01. The molecule has 0 fully saturated rings. The van der Waals surface area contributed by atoms with Crippen LogP contribution in [-0.2, 0) is 6.42 Å². The molecule has 0 aromatic carbocycles. The molecule has 0 amide bonds. The van der Waals surface area contributed by atoms with Crippen LogP contribution in [0.4, 0.5) is 0 Å². The Morgan fingerprint density at radius 2 is 1.77 bits per heavy atom. The molecule has 0 bridgehead atoms. The summed E-state index contributed by atoms with van der Waals surface area (Å²) in [6, 6.07) is 0. The van der Waals surface area contributed by atoms with Gasteiger partial charge in [-0.25, -0.2) is 0 Å². The first-order valence-electron chi connectivity index (χ1n) is 4.64. The van der Waals surface area contributed by atoms with E-state index in [1.54, 1.807) is 6.92 Å². The maximum absolute atomic E-state index is 7.57. The molecule has 4 heteroatoms. The van der Waals surface area contributed by atoms with E-state index in [-0.39, 0.29) is 6.61 Å². The van der Waals surface area contributed by atoms with E-state index >= 15 is 0 Å². The third-order valence-electron chi connectivity index (χ3n) is 0.872. The Labute approximate surface area is 80.0 Å². The molecule has 78 valence electrons. The number of aliphatic hydroxyl groups excluding tert-OH is 1. The maximum atomic E-state index is 7.57. The van der Waals surface area contributed by atoms with Crippen molar-refractivity contribution in [3.05, 3.63) is 11.7 Å². The Kier molecular flexibility index (Phi) is 12.5. The number of hydrogen-bond donors (Lipinski definition) is 1. The fourth-order valence-electron chi connectivity index (χ4n) is 0.484. The number of aliphatic hydroxyl groups is 1. The summed E-state index contributed by atoms with van der Waals surface area (Å²) in [6.45, 7) is 9.72. The maximum Gasteiger partial charge on any atom is 0.226 e. The lowest BCUT2D eigenvalue weighted by Crippen LogP contribution is -1.76. The van der Waals surface area contributed by atoms with Crippen molar-refractivity contribution < 1.29 is 9.63 Å². The van der Waals surface area contributed by atoms with E-state index in [1.807, 2.05) is 27.7 Å². The summed E-state index contributed by atoms with van der Waals surface area (Å²) >= 11 is 0. The van der Waals surface area contributed by atoms with E-state index < -0.39 is 0 Å². The van der Waals surface area contributed by atoms with E-state index in [0.717, 1.165) is 6.42 Å². The lowest BCUT2D eigenvalue weighted by molar-refractivity contribution is 0.318. The van der Waals surface area contributed by atoms with Crippen LogP contribution < -0.4 is 0 Å². The van der Waals surface area contributed by atoms with Crippen LogP contribution in [0.1, 0.15) is 39.4 Å². The summed E-state index contributed by atoms with van der Waals surface area (Å²) in [5.41, 5.74) is 0. The molecule has 0 spiro atoms. The van der Waals surface area contributed by atoms with Gasteiger partial charge in [0.25, 0.3) is 0 Å². The van der Waals surface area contributed by atoms with Crippen LogP contribution in [0.15, 0.2) is 4.52 Å². The van der Waals surface area contributed by atoms with E-state index in [2.05, 4.69) is 10.1 Å². The Morgan fingerprint density at radius 3 is 1.92 bits per heavy atom. The molecule has 0 saturated heterocycles. The highest BCUT2D eigenvalue weighted by molar-refractivity contribution is 4.80. The summed E-state index contributed by atoms with van der Waals surface area (Å²) in [6.07, 6.45) is 0.820. The Bertz CT molecular complexity index is 187. The lowest BCUT2D eigenvalue weighted by Gasteiger charge is -1.75. The van der Waals surface area contributed by atoms with Crippen molar-refractivity contribution in [3.8, 4) is 0 Å². The summed E-state index contributed by atoms with van der Waals surface area (Å²) in [5, 5.41) is 11.2. The summed E-state index contributed by atoms with van der Waals surface area (Å²) in [5.74, 6) is 1.42. The molecule has 1 rings (SSSR count). The van der Waals surface area contributed by atoms with Gasteiger partial charge in [0.15, 0.2) is 5.82 Å². The van der Waals surface area contributed by atoms with Gasteiger partial charge in [-0.15, -0.1) is 0 Å². The topological polar surface area (TPSA) is 59.2 Å². The van der Waals surface area contributed by atoms with Gasteiger partial charge in [-0.1, -0.05) is 25.9 Å². The highest BCUT2D eigenvalue weighted by Gasteiger charge is 1.95. The van der Waals surface area contributed by atoms with E-state index in [1.165, 1.54) is 0 Å². The number of rotatable bonds is 1. The molecule has 13 heavy (non-hydrogen) atoms. The molecule has 0 aliphatic rings. The van der Waals surface area contributed by atoms with Gasteiger partial charge in [-0.2, -0.15) is 4.98 Å². The van der Waals surface area contributed by atoms with Gasteiger partial charge >= 0.3 is 0 Å². The molecule has 1 N–H and O–H groups in total. The molecule has 0 atom stereocenters. The first kappa shape index (κ1) is 14.6. The van der Waals surface area contributed by atoms with Gasteiger partial charge in [0.2, 0.25) is 5.89 Å². The minimum atomic E-state index is 0.250. The van der Waals surface area contributed by atoms with Gasteiger partial charge in [0, 0.05) is 13.0 Å². The number of hydrogen-bond acceptors (Lipinski definition) is 4. The predicted octanol–water partition coefficient (Wildman–Crippen LogP) is 1.97. The van der Waals surface area contributed by atoms with Crippen LogP contribution >= 0.6 is 0 Å². The standard InChI is InChI=1S/C5H8N2O.C2H6O.C2H6/c1-3-5-6-4(2)7-8-5;1-2-3;1-2/h3H2,1-2H3;3H,2H2,1H3;1-2H3. The monoisotopic (exact) mass is 188 g/mol. The van der Waals surface area contributed by atoms with Gasteiger partial charge in [-0.3, -0.25) is 0 Å². The van der Waals surface area contributed by atoms with Crippen LogP contribution in [0.2, 0.25) is 0 Å². The van der Waals surface area contributed by atoms with Crippen molar-refractivity contribution in [1.82, 2.24) is 10.1 Å². The second-order valence-electron chi connectivity index (χ2n) is 1.91. The predicted molar refractivity (Wildman–Crippen MR) is 52.5 cm³/mol. The zero-order valence-electron chi connectivity index (χ0n) is 9.16. The molecule has 0 radical (unpaired) electrons. The minimum absolute atomic E-state index is 0.250. The lowest BCUT2D eigenvalue weighted by atomic mass is 10.5. The van der Waals surface area contributed by atoms with E-state index in [4.69, 9.17) is 9.63 Å². The molecular formula is C9H20N2O2. The van der Waals surface area contributed by atoms with Crippen molar-refractivity contribution >= 4 is 0 Å². The Hall–Kier alpha value is -0.900. The Balaban J connectivity index is 0. The molecule has 1 aromatic rings. The largest absolute Gasteiger partial charge is 0.397 e. The first-order valence-corrected chi connectivity index (χ1v) is 4.64. The number of aromatic nitrogens is 2. The van der Waals surface area contributed by atoms with Gasteiger partial charge in [-0.05, 0) is 13.8 Å². The molecule has 0 aliphatic carbocycles. The van der Waals surface area contributed by atoms with Gasteiger partial charge in [0.1, 0.15) is 0 Å². The molecule has 0 aliphatic heterocycles. The fourth-order valence-corrected chi connectivity index (χ4v) is 0.484. The molecular weight excluding hydrogens is 168 g/mol. The molecule has 0 saturated carbocycles. The van der Waals surface area contributed by atoms with Crippen LogP contribution in [0.5, 0.6) is 0 Å². The SMILES string of the molecule is CC.CCO.CCc1nc(C)no1. The Morgan fingerprint density at radius 1 is 1.31 bits per heavy atom. The first-order chi connectivity index (χ1) is 6.24. The zero-order chi connectivity index (χ0) is 10.7. The molecule has 4 nitrogen and oxygen atoms in total. The third-order valence-corrected chi connectivity index (χ3v) is 0.872. The van der Waals surface area contributed by atoms with Crippen LogP contribution in [0, 0.1) is 6.92 Å². The van der Waals surface area contributed by atoms with Crippen LogP contribution in [0.3, 0.4) is 0 Å². The average molecular weight is 188 g/mol. The summed E-state index contributed by atoms with van der Waals surface area (Å²) < 4.78 is 4.75. The van der Waals surface area contributed by atoms with Crippen LogP contribution in [-0.4, -0.2) is 21.9 Å². The van der Waals surface area contributed by atoms with Crippen molar-refractivity contribution in [2.75, 3.05) is 6.61 Å². The summed E-state index contributed by atoms with van der Waals surface area (Å²) in [4.78, 5) is 3.95. The second-order valence-corrected chi connectivity index (χ2v) is 1.91. The van der Waals surface area contributed by atoms with Crippen molar-refractivity contribution in [2.24, 2.45) is 0 Å². The van der Waals surface area contributed by atoms with Gasteiger partial charge in [0.05, 0.1) is 0 Å². The fraction of sp³-hybridized carbons (Fsp3) is 0.778. The quantitative estimate of drug-likeness (QED) is 0.732. The summed E-state index contributed by atoms with van der Waals surface area (Å²) in [7, 11) is 0. The van der Waals surface area contributed by atoms with Gasteiger partial charge < -0.3 is 9.63 Å². The van der Waals surface area contributed by atoms with E-state index in [0.29, 0.717) is 11.7 Å². The smallest absolute Gasteiger partial charge is 0.226 e. The zero-order valence-corrected chi connectivity index (χ0v) is 9.16. The highest BCUT2D eigenvalue weighted by atomic mass is 16.5. The normalized spacial score (nSPS) is 7.85.